The molecule has 1 aliphatic rings. The smallest absolute Gasteiger partial charge is 0.162 e. The molecule has 1 atom stereocenters. The first kappa shape index (κ1) is 13.1. The second kappa shape index (κ2) is 6.00. The molecule has 0 fully saturated rings. The summed E-state index contributed by atoms with van der Waals surface area (Å²) in [5.41, 5.74) is 0. The molecule has 1 aromatic carbocycles. The molecule has 0 aliphatic carbocycles. The zero-order chi connectivity index (χ0) is 13.0. The SMILES string of the molecule is CC(=O)CCS(=O)c1ccc2c(c1)OCCCO2. The highest BCUT2D eigenvalue weighted by atomic mass is 32.2. The van der Waals surface area contributed by atoms with Crippen LogP contribution in [0.25, 0.3) is 0 Å². The summed E-state index contributed by atoms with van der Waals surface area (Å²) in [6.45, 7) is 2.75. The number of hydrogen-bond acceptors (Lipinski definition) is 4. The summed E-state index contributed by atoms with van der Waals surface area (Å²) >= 11 is 0. The zero-order valence-electron chi connectivity index (χ0n) is 10.3. The number of carbonyl (C=O) groups is 1. The van der Waals surface area contributed by atoms with Gasteiger partial charge in [-0.3, -0.25) is 9.00 Å². The third kappa shape index (κ3) is 3.32. The van der Waals surface area contributed by atoms with Gasteiger partial charge in [-0.15, -0.1) is 0 Å². The topological polar surface area (TPSA) is 52.6 Å². The van der Waals surface area contributed by atoms with Crippen LogP contribution in [-0.4, -0.2) is 29.0 Å². The zero-order valence-corrected chi connectivity index (χ0v) is 11.1. The van der Waals surface area contributed by atoms with Crippen LogP contribution in [0.5, 0.6) is 11.5 Å². The minimum Gasteiger partial charge on any atom is -0.490 e. The summed E-state index contributed by atoms with van der Waals surface area (Å²) in [6.07, 6.45) is 1.18. The number of Topliss-reactive ketones (excluding diaryl/α,β-unsaturated/α-hetero) is 1. The fourth-order valence-corrected chi connectivity index (χ4v) is 2.81. The summed E-state index contributed by atoms with van der Waals surface area (Å²) in [5.74, 6) is 1.74. The molecule has 0 spiro atoms. The average Bonchev–Trinajstić information content (AvgIpc) is 2.60. The van der Waals surface area contributed by atoms with Crippen LogP contribution in [0.3, 0.4) is 0 Å². The maximum atomic E-state index is 12.0. The lowest BCUT2D eigenvalue weighted by atomic mass is 10.3. The van der Waals surface area contributed by atoms with Gasteiger partial charge in [0, 0.05) is 29.6 Å². The van der Waals surface area contributed by atoms with E-state index in [2.05, 4.69) is 0 Å². The number of hydrogen-bond donors (Lipinski definition) is 0. The van der Waals surface area contributed by atoms with E-state index in [1.54, 1.807) is 18.2 Å². The number of benzene rings is 1. The third-order valence-corrected chi connectivity index (χ3v) is 3.98. The van der Waals surface area contributed by atoms with E-state index in [0.717, 1.165) is 6.42 Å². The van der Waals surface area contributed by atoms with Gasteiger partial charge in [-0.05, 0) is 19.1 Å². The standard InChI is InChI=1S/C13H16O4S/c1-10(14)5-8-18(15)11-3-4-12-13(9-11)17-7-2-6-16-12/h3-4,9H,2,5-8H2,1H3. The summed E-state index contributed by atoms with van der Waals surface area (Å²) < 4.78 is 23.0. The van der Waals surface area contributed by atoms with E-state index in [9.17, 15) is 9.00 Å². The van der Waals surface area contributed by atoms with Crippen LogP contribution >= 0.6 is 0 Å². The average molecular weight is 268 g/mol. The molecule has 1 aliphatic heterocycles. The Morgan fingerprint density at radius 3 is 2.72 bits per heavy atom. The molecule has 2 rings (SSSR count). The van der Waals surface area contributed by atoms with Crippen LogP contribution in [0, 0.1) is 0 Å². The van der Waals surface area contributed by atoms with Crippen LogP contribution in [0.1, 0.15) is 19.8 Å². The molecule has 1 unspecified atom stereocenters. The summed E-state index contributed by atoms with van der Waals surface area (Å²) in [4.78, 5) is 11.6. The highest BCUT2D eigenvalue weighted by Crippen LogP contribution is 2.31. The lowest BCUT2D eigenvalue weighted by Gasteiger charge is -2.08. The summed E-state index contributed by atoms with van der Waals surface area (Å²) in [5, 5.41) is 0. The molecular formula is C13H16O4S. The van der Waals surface area contributed by atoms with Crippen molar-refractivity contribution in [2.75, 3.05) is 19.0 Å². The molecule has 0 aromatic heterocycles. The monoisotopic (exact) mass is 268 g/mol. The summed E-state index contributed by atoms with van der Waals surface area (Å²) in [7, 11) is -1.16. The van der Waals surface area contributed by atoms with Crippen molar-refractivity contribution in [2.24, 2.45) is 0 Å². The van der Waals surface area contributed by atoms with E-state index in [1.807, 2.05) is 0 Å². The van der Waals surface area contributed by atoms with Gasteiger partial charge in [0.2, 0.25) is 0 Å². The van der Waals surface area contributed by atoms with Gasteiger partial charge in [0.15, 0.2) is 11.5 Å². The van der Waals surface area contributed by atoms with E-state index in [0.29, 0.717) is 41.8 Å². The molecule has 0 amide bonds. The van der Waals surface area contributed by atoms with Crippen LogP contribution in [0.2, 0.25) is 0 Å². The van der Waals surface area contributed by atoms with Crippen molar-refractivity contribution in [1.29, 1.82) is 0 Å². The molecule has 98 valence electrons. The van der Waals surface area contributed by atoms with Crippen molar-refractivity contribution in [3.8, 4) is 11.5 Å². The molecule has 1 aromatic rings. The molecule has 4 nitrogen and oxygen atoms in total. The highest BCUT2D eigenvalue weighted by molar-refractivity contribution is 7.85. The predicted octanol–water partition coefficient (Wildman–Crippen LogP) is 1.93. The molecule has 0 bridgehead atoms. The number of fused-ring (bicyclic) bond motifs is 1. The largest absolute Gasteiger partial charge is 0.490 e. The van der Waals surface area contributed by atoms with Crippen molar-refractivity contribution in [3.05, 3.63) is 18.2 Å². The van der Waals surface area contributed by atoms with Gasteiger partial charge in [0.25, 0.3) is 0 Å². The minimum atomic E-state index is -1.16. The Morgan fingerprint density at radius 1 is 1.28 bits per heavy atom. The maximum absolute atomic E-state index is 12.0. The third-order valence-electron chi connectivity index (χ3n) is 2.62. The molecule has 0 N–H and O–H groups in total. The van der Waals surface area contributed by atoms with Crippen LogP contribution in [0.15, 0.2) is 23.1 Å². The molecule has 18 heavy (non-hydrogen) atoms. The first-order valence-corrected chi connectivity index (χ1v) is 7.26. The van der Waals surface area contributed by atoms with Crippen LogP contribution in [0.4, 0.5) is 0 Å². The number of ether oxygens (including phenoxy) is 2. The van der Waals surface area contributed by atoms with Gasteiger partial charge in [0.1, 0.15) is 5.78 Å². The maximum Gasteiger partial charge on any atom is 0.162 e. The van der Waals surface area contributed by atoms with Crippen molar-refractivity contribution in [2.45, 2.75) is 24.7 Å². The second-order valence-electron chi connectivity index (χ2n) is 4.16. The van der Waals surface area contributed by atoms with Crippen molar-refractivity contribution >= 4 is 16.6 Å². The molecule has 5 heteroatoms. The highest BCUT2D eigenvalue weighted by Gasteiger charge is 2.13. The molecule has 1 heterocycles. The van der Waals surface area contributed by atoms with Gasteiger partial charge in [0.05, 0.1) is 24.0 Å². The molecule has 0 saturated carbocycles. The summed E-state index contributed by atoms with van der Waals surface area (Å²) in [6, 6.07) is 5.29. The second-order valence-corrected chi connectivity index (χ2v) is 5.73. The fourth-order valence-electron chi connectivity index (χ4n) is 1.64. The van der Waals surface area contributed by atoms with Gasteiger partial charge < -0.3 is 9.47 Å². The van der Waals surface area contributed by atoms with E-state index < -0.39 is 10.8 Å². The van der Waals surface area contributed by atoms with E-state index in [4.69, 9.17) is 9.47 Å². The normalized spacial score (nSPS) is 15.8. The minimum absolute atomic E-state index is 0.0534. The lowest BCUT2D eigenvalue weighted by molar-refractivity contribution is -0.116. The Morgan fingerprint density at radius 2 is 2.00 bits per heavy atom. The Kier molecular flexibility index (Phi) is 4.36. The first-order chi connectivity index (χ1) is 8.66. The van der Waals surface area contributed by atoms with Crippen molar-refractivity contribution in [1.82, 2.24) is 0 Å². The number of ketones is 1. The van der Waals surface area contributed by atoms with Gasteiger partial charge in [-0.1, -0.05) is 0 Å². The number of carbonyl (C=O) groups excluding carboxylic acids is 1. The van der Waals surface area contributed by atoms with Crippen LogP contribution in [-0.2, 0) is 15.6 Å². The van der Waals surface area contributed by atoms with Crippen molar-refractivity contribution < 1.29 is 18.5 Å². The van der Waals surface area contributed by atoms with Gasteiger partial charge in [-0.2, -0.15) is 0 Å². The van der Waals surface area contributed by atoms with Crippen molar-refractivity contribution in [3.63, 3.8) is 0 Å². The predicted molar refractivity (Wildman–Crippen MR) is 68.6 cm³/mol. The Hall–Kier alpha value is -1.36. The Bertz CT molecular complexity index is 470. The Balaban J connectivity index is 2.12. The quantitative estimate of drug-likeness (QED) is 0.837. The van der Waals surface area contributed by atoms with Gasteiger partial charge in [-0.25, -0.2) is 0 Å². The molecule has 0 radical (unpaired) electrons. The van der Waals surface area contributed by atoms with Crippen LogP contribution < -0.4 is 9.47 Å². The number of rotatable bonds is 4. The first-order valence-electron chi connectivity index (χ1n) is 5.94. The molecule has 0 saturated heterocycles. The van der Waals surface area contributed by atoms with E-state index in [1.165, 1.54) is 6.92 Å². The lowest BCUT2D eigenvalue weighted by Crippen LogP contribution is -2.03. The van der Waals surface area contributed by atoms with Gasteiger partial charge >= 0.3 is 0 Å². The Labute approximate surface area is 109 Å². The molecular weight excluding hydrogens is 252 g/mol. The van der Waals surface area contributed by atoms with E-state index in [-0.39, 0.29) is 5.78 Å². The van der Waals surface area contributed by atoms with E-state index >= 15 is 0 Å². The fraction of sp³-hybridized carbons (Fsp3) is 0.462.